The molecule has 3 nitrogen and oxygen atoms in total. The zero-order chi connectivity index (χ0) is 13.1. The smallest absolute Gasteiger partial charge is 0.226 e. The summed E-state index contributed by atoms with van der Waals surface area (Å²) in [6, 6.07) is 17.0. The Kier molecular flexibility index (Phi) is 2.94. The van der Waals surface area contributed by atoms with Crippen LogP contribution in [0.1, 0.15) is 10.4 Å². The minimum Gasteiger partial charge on any atom is -0.444 e. The van der Waals surface area contributed by atoms with Crippen molar-refractivity contribution in [3.63, 3.8) is 0 Å². The number of rotatable bonds is 3. The van der Waals surface area contributed by atoms with Crippen molar-refractivity contribution in [2.24, 2.45) is 0 Å². The molecule has 0 fully saturated rings. The summed E-state index contributed by atoms with van der Waals surface area (Å²) >= 11 is 0. The summed E-state index contributed by atoms with van der Waals surface area (Å²) < 4.78 is 5.48. The van der Waals surface area contributed by atoms with Crippen molar-refractivity contribution in [1.29, 1.82) is 0 Å². The largest absolute Gasteiger partial charge is 0.444 e. The summed E-state index contributed by atoms with van der Waals surface area (Å²) in [5, 5.41) is 0. The molecule has 0 aliphatic heterocycles. The highest BCUT2D eigenvalue weighted by Crippen LogP contribution is 2.24. The van der Waals surface area contributed by atoms with Crippen LogP contribution in [-0.4, -0.2) is 11.3 Å². The Morgan fingerprint density at radius 2 is 1.63 bits per heavy atom. The first kappa shape index (κ1) is 11.4. The fraction of sp³-hybridized carbons (Fsp3) is 0. The molecule has 0 bridgehead atoms. The number of hydrogen-bond donors (Lipinski definition) is 0. The third-order valence-electron chi connectivity index (χ3n) is 2.87. The summed E-state index contributed by atoms with van der Waals surface area (Å²) in [5.41, 5.74) is 3.31. The van der Waals surface area contributed by atoms with E-state index in [1.165, 1.54) is 0 Å². The monoisotopic (exact) mass is 249 g/mol. The number of carbonyl (C=O) groups is 1. The fourth-order valence-electron chi connectivity index (χ4n) is 1.85. The first-order valence-corrected chi connectivity index (χ1v) is 5.93. The van der Waals surface area contributed by atoms with E-state index in [2.05, 4.69) is 4.98 Å². The highest BCUT2D eigenvalue weighted by Gasteiger charge is 2.07. The second-order valence-corrected chi connectivity index (χ2v) is 4.14. The summed E-state index contributed by atoms with van der Waals surface area (Å²) in [5.74, 6) is 0.552. The Hall–Kier alpha value is -2.68. The number of carbonyl (C=O) groups excluding carboxylic acids is 1. The van der Waals surface area contributed by atoms with E-state index in [-0.39, 0.29) is 0 Å². The minimum absolute atomic E-state index is 0.552. The molecule has 0 radical (unpaired) electrons. The predicted molar refractivity (Wildman–Crippen MR) is 72.8 cm³/mol. The number of nitrogens with zero attached hydrogens (tertiary/aromatic N) is 1. The Balaban J connectivity index is 1.94. The predicted octanol–water partition coefficient (Wildman–Crippen LogP) is 3.82. The van der Waals surface area contributed by atoms with E-state index >= 15 is 0 Å². The Morgan fingerprint density at radius 1 is 0.895 bits per heavy atom. The molecule has 3 aromatic rings. The molecule has 0 saturated carbocycles. The molecule has 0 aliphatic rings. The third-order valence-corrected chi connectivity index (χ3v) is 2.87. The van der Waals surface area contributed by atoms with Crippen LogP contribution in [0.2, 0.25) is 0 Å². The summed E-state index contributed by atoms with van der Waals surface area (Å²) in [7, 11) is 0. The van der Waals surface area contributed by atoms with Gasteiger partial charge in [-0.15, -0.1) is 0 Å². The van der Waals surface area contributed by atoms with E-state index in [1.54, 1.807) is 18.4 Å². The van der Waals surface area contributed by atoms with Gasteiger partial charge in [-0.25, -0.2) is 4.98 Å². The molecule has 0 spiro atoms. The van der Waals surface area contributed by atoms with Gasteiger partial charge in [0.25, 0.3) is 0 Å². The lowest BCUT2D eigenvalue weighted by molar-refractivity contribution is 0.112. The number of aromatic nitrogens is 1. The number of oxazole rings is 1. The van der Waals surface area contributed by atoms with Crippen LogP contribution in [0.15, 0.2) is 65.3 Å². The van der Waals surface area contributed by atoms with E-state index in [9.17, 15) is 4.79 Å². The van der Waals surface area contributed by atoms with Gasteiger partial charge in [-0.05, 0) is 12.1 Å². The van der Waals surface area contributed by atoms with Crippen molar-refractivity contribution in [1.82, 2.24) is 4.98 Å². The van der Waals surface area contributed by atoms with Crippen LogP contribution >= 0.6 is 0 Å². The molecular formula is C16H11NO2. The zero-order valence-electron chi connectivity index (χ0n) is 10.1. The van der Waals surface area contributed by atoms with Gasteiger partial charge in [-0.2, -0.15) is 0 Å². The van der Waals surface area contributed by atoms with E-state index in [1.807, 2.05) is 42.5 Å². The van der Waals surface area contributed by atoms with Gasteiger partial charge in [-0.1, -0.05) is 42.5 Å². The maximum atomic E-state index is 10.6. The molecule has 19 heavy (non-hydrogen) atoms. The second kappa shape index (κ2) is 4.90. The van der Waals surface area contributed by atoms with Crippen molar-refractivity contribution in [2.75, 3.05) is 0 Å². The molecule has 3 rings (SSSR count). The van der Waals surface area contributed by atoms with Gasteiger partial charge >= 0.3 is 0 Å². The van der Waals surface area contributed by atoms with Crippen molar-refractivity contribution < 1.29 is 9.21 Å². The Bertz CT molecular complexity index is 684. The van der Waals surface area contributed by atoms with Gasteiger partial charge in [0.1, 0.15) is 18.2 Å². The van der Waals surface area contributed by atoms with Crippen LogP contribution in [0.25, 0.3) is 22.7 Å². The van der Waals surface area contributed by atoms with Crippen LogP contribution in [0.4, 0.5) is 0 Å². The first-order valence-electron chi connectivity index (χ1n) is 5.93. The summed E-state index contributed by atoms with van der Waals surface area (Å²) in [6.45, 7) is 0. The topological polar surface area (TPSA) is 43.1 Å². The highest BCUT2D eigenvalue weighted by atomic mass is 16.3. The molecule has 1 aromatic heterocycles. The first-order chi connectivity index (χ1) is 9.36. The van der Waals surface area contributed by atoms with Crippen molar-refractivity contribution >= 4 is 6.29 Å². The van der Waals surface area contributed by atoms with Gasteiger partial charge in [0.15, 0.2) is 0 Å². The maximum Gasteiger partial charge on any atom is 0.226 e. The number of benzene rings is 2. The van der Waals surface area contributed by atoms with Crippen LogP contribution in [0.3, 0.4) is 0 Å². The molecule has 2 aromatic carbocycles. The molecule has 0 aliphatic carbocycles. The molecule has 0 saturated heterocycles. The molecule has 0 N–H and O–H groups in total. The highest BCUT2D eigenvalue weighted by molar-refractivity contribution is 5.76. The zero-order valence-corrected chi connectivity index (χ0v) is 10.1. The van der Waals surface area contributed by atoms with Gasteiger partial charge < -0.3 is 4.42 Å². The van der Waals surface area contributed by atoms with Crippen LogP contribution < -0.4 is 0 Å². The average molecular weight is 249 g/mol. The lowest BCUT2D eigenvalue weighted by Crippen LogP contribution is -1.82. The van der Waals surface area contributed by atoms with E-state index in [0.717, 1.165) is 23.1 Å². The lowest BCUT2D eigenvalue weighted by atomic mass is 10.1. The quantitative estimate of drug-likeness (QED) is 0.663. The number of hydrogen-bond acceptors (Lipinski definition) is 3. The molecule has 1 heterocycles. The summed E-state index contributed by atoms with van der Waals surface area (Å²) in [6.07, 6.45) is 2.45. The van der Waals surface area contributed by atoms with Crippen LogP contribution in [0, 0.1) is 0 Å². The molecular weight excluding hydrogens is 238 g/mol. The molecule has 0 atom stereocenters. The summed E-state index contributed by atoms with van der Waals surface area (Å²) in [4.78, 5) is 15.1. The average Bonchev–Trinajstić information content (AvgIpc) is 2.98. The third kappa shape index (κ3) is 2.31. The van der Waals surface area contributed by atoms with Crippen LogP contribution in [-0.2, 0) is 0 Å². The van der Waals surface area contributed by atoms with Crippen molar-refractivity contribution in [2.45, 2.75) is 0 Å². The molecule has 3 heteroatoms. The van der Waals surface area contributed by atoms with Crippen LogP contribution in [0.5, 0.6) is 0 Å². The number of aldehydes is 1. The second-order valence-electron chi connectivity index (χ2n) is 4.14. The Morgan fingerprint density at radius 3 is 2.32 bits per heavy atom. The standard InChI is InChI=1S/C16H11NO2/c18-10-12-6-8-14(9-7-12)16-17-15(11-19-16)13-4-2-1-3-5-13/h1-11H. The molecule has 0 amide bonds. The normalized spacial score (nSPS) is 10.3. The van der Waals surface area contributed by atoms with E-state index in [0.29, 0.717) is 11.5 Å². The fourth-order valence-corrected chi connectivity index (χ4v) is 1.85. The lowest BCUT2D eigenvalue weighted by Gasteiger charge is -1.95. The van der Waals surface area contributed by atoms with Crippen molar-refractivity contribution in [3.05, 3.63) is 66.4 Å². The van der Waals surface area contributed by atoms with E-state index < -0.39 is 0 Å². The van der Waals surface area contributed by atoms with E-state index in [4.69, 9.17) is 4.42 Å². The Labute approximate surface area is 110 Å². The van der Waals surface area contributed by atoms with Gasteiger partial charge in [0.05, 0.1) is 0 Å². The van der Waals surface area contributed by atoms with Crippen molar-refractivity contribution in [3.8, 4) is 22.7 Å². The minimum atomic E-state index is 0.552. The molecule has 0 unspecified atom stereocenters. The van der Waals surface area contributed by atoms with Gasteiger partial charge in [0.2, 0.25) is 5.89 Å². The SMILES string of the molecule is O=Cc1ccc(-c2nc(-c3ccccc3)co2)cc1. The molecule has 92 valence electrons. The van der Waals surface area contributed by atoms with Gasteiger partial charge in [0, 0.05) is 16.7 Å². The maximum absolute atomic E-state index is 10.6. The van der Waals surface area contributed by atoms with Gasteiger partial charge in [-0.3, -0.25) is 4.79 Å².